The van der Waals surface area contributed by atoms with Crippen molar-refractivity contribution in [3.05, 3.63) is 57.2 Å². The summed E-state index contributed by atoms with van der Waals surface area (Å²) >= 11 is 7.47. The number of ether oxygens (including phenoxy) is 1. The lowest BCUT2D eigenvalue weighted by molar-refractivity contribution is -0.161. The number of amides is 1. The second-order valence-corrected chi connectivity index (χ2v) is 9.24. The van der Waals surface area contributed by atoms with Crippen LogP contribution in [-0.4, -0.2) is 23.4 Å². The highest BCUT2D eigenvalue weighted by Gasteiger charge is 2.51. The Labute approximate surface area is 168 Å². The maximum absolute atomic E-state index is 13.3. The van der Waals surface area contributed by atoms with Gasteiger partial charge in [0, 0.05) is 17.4 Å². The first-order valence-electron chi connectivity index (χ1n) is 8.91. The van der Waals surface area contributed by atoms with E-state index in [4.69, 9.17) is 22.1 Å². The molecule has 3 rings (SSSR count). The van der Waals surface area contributed by atoms with Crippen molar-refractivity contribution in [3.63, 3.8) is 0 Å². The van der Waals surface area contributed by atoms with E-state index in [-0.39, 0.29) is 5.91 Å². The molecule has 2 N–H and O–H groups in total. The van der Waals surface area contributed by atoms with Gasteiger partial charge >= 0.3 is 0 Å². The summed E-state index contributed by atoms with van der Waals surface area (Å²) < 4.78 is 7.06. The third-order valence-corrected chi connectivity index (χ3v) is 5.58. The number of hydrazone groups is 1. The van der Waals surface area contributed by atoms with Crippen LogP contribution in [0.2, 0.25) is 4.34 Å². The first-order valence-corrected chi connectivity index (χ1v) is 10.1. The summed E-state index contributed by atoms with van der Waals surface area (Å²) in [6, 6.07) is 13.4. The van der Waals surface area contributed by atoms with Crippen molar-refractivity contribution < 1.29 is 9.53 Å². The van der Waals surface area contributed by atoms with Gasteiger partial charge in [-0.2, -0.15) is 5.01 Å². The second-order valence-electron chi connectivity index (χ2n) is 7.52. The Balaban J connectivity index is 2.12. The van der Waals surface area contributed by atoms with Crippen LogP contribution >= 0.6 is 22.9 Å². The Morgan fingerprint density at radius 3 is 2.52 bits per heavy atom. The van der Waals surface area contributed by atoms with Crippen molar-refractivity contribution in [2.75, 3.05) is 6.54 Å². The van der Waals surface area contributed by atoms with Gasteiger partial charge in [0.15, 0.2) is 0 Å². The zero-order valence-electron chi connectivity index (χ0n) is 15.7. The lowest BCUT2D eigenvalue weighted by atomic mass is 9.91. The number of halogens is 1. The second kappa shape index (κ2) is 7.62. The molecule has 1 aromatic heterocycles. The van der Waals surface area contributed by atoms with E-state index in [1.54, 1.807) is 6.07 Å². The van der Waals surface area contributed by atoms with E-state index < -0.39 is 11.1 Å². The molecule has 0 aliphatic carbocycles. The van der Waals surface area contributed by atoms with E-state index in [1.165, 1.54) is 16.3 Å². The Morgan fingerprint density at radius 1 is 1.26 bits per heavy atom. The summed E-state index contributed by atoms with van der Waals surface area (Å²) in [5.41, 5.74) is 5.03. The van der Waals surface area contributed by atoms with Crippen LogP contribution in [0, 0.1) is 5.41 Å². The smallest absolute Gasteiger partial charge is 0.251 e. The molecule has 27 heavy (non-hydrogen) atoms. The number of carbonyl (C=O) groups excluding carboxylic acids is 1. The van der Waals surface area contributed by atoms with Crippen LogP contribution in [0.1, 0.15) is 44.1 Å². The lowest BCUT2D eigenvalue weighted by Crippen LogP contribution is -2.49. The molecule has 1 aromatic carbocycles. The summed E-state index contributed by atoms with van der Waals surface area (Å²) in [7, 11) is 0. The molecule has 1 unspecified atom stereocenters. The molecule has 0 saturated heterocycles. The molecule has 7 heteroatoms. The van der Waals surface area contributed by atoms with Crippen LogP contribution in [0.5, 0.6) is 0 Å². The van der Waals surface area contributed by atoms with Crippen molar-refractivity contribution in [1.82, 2.24) is 5.01 Å². The fourth-order valence-electron chi connectivity index (χ4n) is 2.97. The Kier molecular flexibility index (Phi) is 5.60. The molecule has 2 heterocycles. The Hall–Kier alpha value is -1.89. The number of nitrogens with zero attached hydrogens (tertiary/aromatic N) is 2. The normalized spacial score (nSPS) is 19.7. The molecule has 1 aliphatic heterocycles. The monoisotopic (exact) mass is 405 g/mol. The first kappa shape index (κ1) is 19.9. The van der Waals surface area contributed by atoms with Gasteiger partial charge in [0.25, 0.3) is 11.8 Å². The lowest BCUT2D eigenvalue weighted by Gasteiger charge is -2.38. The number of hydrogen-bond donors (Lipinski definition) is 1. The van der Waals surface area contributed by atoms with Crippen LogP contribution in [0.15, 0.2) is 47.6 Å². The van der Waals surface area contributed by atoms with Gasteiger partial charge < -0.3 is 10.5 Å². The molecule has 1 atom stereocenters. The van der Waals surface area contributed by atoms with Crippen molar-refractivity contribution in [2.24, 2.45) is 16.3 Å². The number of carbonyl (C=O) groups is 1. The molecule has 1 amide bonds. The molecular weight excluding hydrogens is 382 g/mol. The van der Waals surface area contributed by atoms with Gasteiger partial charge in [-0.05, 0) is 25.1 Å². The van der Waals surface area contributed by atoms with Crippen LogP contribution < -0.4 is 5.73 Å². The van der Waals surface area contributed by atoms with Gasteiger partial charge in [0.2, 0.25) is 5.72 Å². The minimum absolute atomic E-state index is 0.110. The van der Waals surface area contributed by atoms with E-state index in [0.29, 0.717) is 29.6 Å². The highest BCUT2D eigenvalue weighted by Crippen LogP contribution is 2.43. The number of benzene rings is 1. The molecule has 0 bridgehead atoms. The Morgan fingerprint density at radius 2 is 1.96 bits per heavy atom. The molecule has 2 aromatic rings. The molecule has 0 saturated carbocycles. The molecule has 144 valence electrons. The zero-order valence-corrected chi connectivity index (χ0v) is 17.3. The maximum Gasteiger partial charge on any atom is 0.251 e. The van der Waals surface area contributed by atoms with E-state index >= 15 is 0 Å². The third-order valence-electron chi connectivity index (χ3n) is 4.36. The van der Waals surface area contributed by atoms with E-state index in [9.17, 15) is 4.79 Å². The SMILES string of the molecule is CC(C)(C)C(=O)N1N=C(c2ccc(Cl)s2)OC1(CCCN)c1ccccc1. The Bertz CT molecular complexity index is 844. The van der Waals surface area contributed by atoms with E-state index in [1.807, 2.05) is 57.2 Å². The number of hydrogen-bond acceptors (Lipinski definition) is 5. The minimum atomic E-state index is -1.02. The molecular formula is C20H24ClN3O2S. The first-order chi connectivity index (χ1) is 12.8. The highest BCUT2D eigenvalue weighted by molar-refractivity contribution is 7.18. The summed E-state index contributed by atoms with van der Waals surface area (Å²) in [6.45, 7) is 6.13. The van der Waals surface area contributed by atoms with Crippen LogP contribution in [0.4, 0.5) is 0 Å². The van der Waals surface area contributed by atoms with Gasteiger partial charge in [-0.1, -0.05) is 62.7 Å². The standard InChI is InChI=1S/C20H24ClN3O2S/c1-19(2,3)18(25)24-20(12-7-13-22,14-8-5-4-6-9-14)26-17(23-24)15-10-11-16(21)27-15/h4-6,8-11H,7,12-13,22H2,1-3H3. The van der Waals surface area contributed by atoms with Gasteiger partial charge in [0.1, 0.15) is 0 Å². The summed E-state index contributed by atoms with van der Waals surface area (Å²) in [4.78, 5) is 14.1. The van der Waals surface area contributed by atoms with E-state index in [0.717, 1.165) is 10.4 Å². The molecule has 0 spiro atoms. The van der Waals surface area contributed by atoms with Crippen molar-refractivity contribution in [1.29, 1.82) is 0 Å². The van der Waals surface area contributed by atoms with Gasteiger partial charge in [-0.25, -0.2) is 0 Å². The van der Waals surface area contributed by atoms with Gasteiger partial charge in [-0.3, -0.25) is 4.79 Å². The average Bonchev–Trinajstić information content (AvgIpc) is 3.24. The highest BCUT2D eigenvalue weighted by atomic mass is 35.5. The number of nitrogens with two attached hydrogens (primary N) is 1. The van der Waals surface area contributed by atoms with Crippen LogP contribution in [-0.2, 0) is 15.3 Å². The molecule has 0 fully saturated rings. The zero-order chi connectivity index (χ0) is 19.7. The molecule has 5 nitrogen and oxygen atoms in total. The van der Waals surface area contributed by atoms with Gasteiger partial charge in [0.05, 0.1) is 9.21 Å². The largest absolute Gasteiger partial charge is 0.442 e. The van der Waals surface area contributed by atoms with Crippen LogP contribution in [0.3, 0.4) is 0 Å². The van der Waals surface area contributed by atoms with Crippen molar-refractivity contribution in [3.8, 4) is 0 Å². The third kappa shape index (κ3) is 3.88. The fourth-order valence-corrected chi connectivity index (χ4v) is 3.94. The average molecular weight is 406 g/mol. The fraction of sp³-hybridized carbons (Fsp3) is 0.400. The molecule has 1 aliphatic rings. The number of thiophene rings is 1. The van der Waals surface area contributed by atoms with Crippen molar-refractivity contribution in [2.45, 2.75) is 39.3 Å². The maximum atomic E-state index is 13.3. The summed E-state index contributed by atoms with van der Waals surface area (Å²) in [5, 5.41) is 6.11. The quantitative estimate of drug-likeness (QED) is 0.792. The minimum Gasteiger partial charge on any atom is -0.442 e. The van der Waals surface area contributed by atoms with Crippen molar-refractivity contribution >= 4 is 34.7 Å². The summed E-state index contributed by atoms with van der Waals surface area (Å²) in [5.74, 6) is 0.298. The predicted octanol–water partition coefficient (Wildman–Crippen LogP) is 4.56. The predicted molar refractivity (Wildman–Crippen MR) is 110 cm³/mol. The molecule has 0 radical (unpaired) electrons. The topological polar surface area (TPSA) is 67.9 Å². The van der Waals surface area contributed by atoms with Crippen LogP contribution in [0.25, 0.3) is 0 Å². The number of rotatable bonds is 5. The summed E-state index contributed by atoms with van der Waals surface area (Å²) in [6.07, 6.45) is 1.23. The van der Waals surface area contributed by atoms with E-state index in [2.05, 4.69) is 5.10 Å². The van der Waals surface area contributed by atoms with Gasteiger partial charge in [-0.15, -0.1) is 16.4 Å².